The summed E-state index contributed by atoms with van der Waals surface area (Å²) in [6, 6.07) is 10.4. The lowest BCUT2D eigenvalue weighted by atomic mass is 10.1. The molecule has 0 aliphatic heterocycles. The second-order valence-electron chi connectivity index (χ2n) is 6.16. The van der Waals surface area contributed by atoms with Crippen LogP contribution < -0.4 is 5.32 Å². The Morgan fingerprint density at radius 2 is 2.12 bits per heavy atom. The molecule has 4 nitrogen and oxygen atoms in total. The highest BCUT2D eigenvalue weighted by molar-refractivity contribution is 7.10. The van der Waals surface area contributed by atoms with Crippen LogP contribution in [0.1, 0.15) is 27.0 Å². The second-order valence-corrected chi connectivity index (χ2v) is 7.14. The van der Waals surface area contributed by atoms with Crippen LogP contribution in [0, 0.1) is 12.7 Å². The zero-order chi connectivity index (χ0) is 18.0. The quantitative estimate of drug-likeness (QED) is 0.756. The topological polar surface area (TPSA) is 45.2 Å². The van der Waals surface area contributed by atoms with Gasteiger partial charge in [0, 0.05) is 22.9 Å². The van der Waals surface area contributed by atoms with Crippen LogP contribution in [0.3, 0.4) is 0 Å². The molecule has 25 heavy (non-hydrogen) atoms. The molecule has 6 heteroatoms. The first-order valence-corrected chi connectivity index (χ1v) is 8.88. The van der Waals surface area contributed by atoms with Crippen molar-refractivity contribution < 1.29 is 9.18 Å². The van der Waals surface area contributed by atoms with Crippen LogP contribution in [0.2, 0.25) is 0 Å². The van der Waals surface area contributed by atoms with Crippen LogP contribution in [-0.4, -0.2) is 36.4 Å². The maximum absolute atomic E-state index is 13.3. The number of hydrogen-bond donors (Lipinski definition) is 1. The monoisotopic (exact) mass is 357 g/mol. The van der Waals surface area contributed by atoms with Gasteiger partial charge in [-0.2, -0.15) is 0 Å². The number of nitrogens with zero attached hydrogens (tertiary/aromatic N) is 2. The molecule has 0 bridgehead atoms. The van der Waals surface area contributed by atoms with Gasteiger partial charge in [-0.1, -0.05) is 6.07 Å². The summed E-state index contributed by atoms with van der Waals surface area (Å²) < 4.78 is 13.3. The van der Waals surface area contributed by atoms with E-state index in [9.17, 15) is 9.18 Å². The molecular formula is C19H20FN3OS. The molecule has 0 fully saturated rings. The number of carbonyl (C=O) groups is 1. The Balaban J connectivity index is 1.80. The summed E-state index contributed by atoms with van der Waals surface area (Å²) in [5.74, 6) is -0.499. The predicted molar refractivity (Wildman–Crippen MR) is 99.5 cm³/mol. The molecule has 1 atom stereocenters. The van der Waals surface area contributed by atoms with Crippen LogP contribution in [0.5, 0.6) is 0 Å². The van der Waals surface area contributed by atoms with Gasteiger partial charge in [-0.25, -0.2) is 4.39 Å². The molecule has 130 valence electrons. The lowest BCUT2D eigenvalue weighted by Gasteiger charge is -2.23. The lowest BCUT2D eigenvalue weighted by Crippen LogP contribution is -2.34. The SMILES string of the molecule is Cc1nc2cc(F)ccc2cc1C(=O)NCC(c1cccs1)N(C)C. The molecule has 0 aliphatic rings. The Morgan fingerprint density at radius 3 is 2.80 bits per heavy atom. The first-order valence-electron chi connectivity index (χ1n) is 8.00. The molecular weight excluding hydrogens is 337 g/mol. The summed E-state index contributed by atoms with van der Waals surface area (Å²) >= 11 is 1.67. The molecule has 0 radical (unpaired) electrons. The fourth-order valence-electron chi connectivity index (χ4n) is 2.77. The smallest absolute Gasteiger partial charge is 0.253 e. The molecule has 1 aromatic carbocycles. The van der Waals surface area contributed by atoms with Gasteiger partial charge in [0.2, 0.25) is 0 Å². The fraction of sp³-hybridized carbons (Fsp3) is 0.263. The molecule has 2 aromatic heterocycles. The number of hydrogen-bond acceptors (Lipinski definition) is 4. The number of thiophene rings is 1. The molecule has 1 N–H and O–H groups in total. The standard InChI is InChI=1S/C19H20FN3OS/c1-12-15(9-13-6-7-14(20)10-16(13)22-12)19(24)21-11-17(23(2)3)18-5-4-8-25-18/h4-10,17H,11H2,1-3H3,(H,21,24). The van der Waals surface area contributed by atoms with E-state index in [1.54, 1.807) is 30.4 Å². The third-order valence-electron chi connectivity index (χ3n) is 4.17. The number of carbonyl (C=O) groups excluding carboxylic acids is 1. The van der Waals surface area contributed by atoms with Crippen molar-refractivity contribution in [2.24, 2.45) is 0 Å². The Kier molecular flexibility index (Phi) is 5.11. The van der Waals surface area contributed by atoms with Crippen LogP contribution >= 0.6 is 11.3 Å². The highest BCUT2D eigenvalue weighted by Gasteiger charge is 2.18. The van der Waals surface area contributed by atoms with Crippen LogP contribution in [-0.2, 0) is 0 Å². The van der Waals surface area contributed by atoms with Gasteiger partial charge < -0.3 is 10.2 Å². The van der Waals surface area contributed by atoms with Crippen molar-refractivity contribution in [2.45, 2.75) is 13.0 Å². The number of nitrogens with one attached hydrogen (secondary N) is 1. The van der Waals surface area contributed by atoms with E-state index >= 15 is 0 Å². The Labute approximate surface area is 150 Å². The lowest BCUT2D eigenvalue weighted by molar-refractivity contribution is 0.0941. The summed E-state index contributed by atoms with van der Waals surface area (Å²) in [5.41, 5.74) is 1.66. The molecule has 2 heterocycles. The molecule has 1 unspecified atom stereocenters. The Bertz CT molecular complexity index is 893. The van der Waals surface area contributed by atoms with Crippen molar-refractivity contribution in [1.29, 1.82) is 0 Å². The van der Waals surface area contributed by atoms with Crippen LogP contribution in [0.4, 0.5) is 4.39 Å². The van der Waals surface area contributed by atoms with E-state index in [2.05, 4.69) is 21.3 Å². The van der Waals surface area contributed by atoms with E-state index in [4.69, 9.17) is 0 Å². The predicted octanol–water partition coefficient (Wildman–Crippen LogP) is 3.78. The van der Waals surface area contributed by atoms with E-state index in [0.717, 1.165) is 5.39 Å². The van der Waals surface area contributed by atoms with Crippen molar-refractivity contribution in [1.82, 2.24) is 15.2 Å². The maximum atomic E-state index is 13.3. The third kappa shape index (κ3) is 3.86. The average Bonchev–Trinajstić information content (AvgIpc) is 3.08. The normalized spacial score (nSPS) is 12.5. The highest BCUT2D eigenvalue weighted by atomic mass is 32.1. The van der Waals surface area contributed by atoms with Crippen LogP contribution in [0.15, 0.2) is 41.8 Å². The summed E-state index contributed by atoms with van der Waals surface area (Å²) in [6.07, 6.45) is 0. The zero-order valence-corrected chi connectivity index (χ0v) is 15.2. The second kappa shape index (κ2) is 7.29. The van der Waals surface area contributed by atoms with Gasteiger partial charge >= 0.3 is 0 Å². The first kappa shape index (κ1) is 17.5. The molecule has 1 amide bonds. The van der Waals surface area contributed by atoms with Gasteiger partial charge in [0.15, 0.2) is 0 Å². The van der Waals surface area contributed by atoms with Crippen molar-refractivity contribution in [3.05, 3.63) is 63.7 Å². The van der Waals surface area contributed by atoms with Crippen molar-refractivity contribution in [3.63, 3.8) is 0 Å². The zero-order valence-electron chi connectivity index (χ0n) is 14.4. The van der Waals surface area contributed by atoms with Gasteiger partial charge in [-0.05, 0) is 50.7 Å². The molecule has 3 aromatic rings. The third-order valence-corrected chi connectivity index (χ3v) is 5.14. The minimum atomic E-state index is -0.332. The highest BCUT2D eigenvalue weighted by Crippen LogP contribution is 2.23. The first-order chi connectivity index (χ1) is 12.0. The molecule has 0 aliphatic carbocycles. The average molecular weight is 357 g/mol. The van der Waals surface area contributed by atoms with Gasteiger partial charge in [0.1, 0.15) is 5.82 Å². The van der Waals surface area contributed by atoms with E-state index in [-0.39, 0.29) is 17.8 Å². The number of aryl methyl sites for hydroxylation is 1. The largest absolute Gasteiger partial charge is 0.350 e. The Morgan fingerprint density at radius 1 is 1.32 bits per heavy atom. The molecule has 0 saturated heterocycles. The summed E-state index contributed by atoms with van der Waals surface area (Å²) in [5, 5.41) is 5.78. The van der Waals surface area contributed by atoms with Gasteiger partial charge in [-0.15, -0.1) is 11.3 Å². The number of rotatable bonds is 5. The molecule has 0 spiro atoms. The van der Waals surface area contributed by atoms with Gasteiger partial charge in [-0.3, -0.25) is 9.78 Å². The van der Waals surface area contributed by atoms with Gasteiger partial charge in [0.05, 0.1) is 22.8 Å². The fourth-order valence-corrected chi connectivity index (χ4v) is 3.69. The number of pyridine rings is 1. The van der Waals surface area contributed by atoms with Crippen molar-refractivity contribution >= 4 is 28.1 Å². The summed E-state index contributed by atoms with van der Waals surface area (Å²) in [6.45, 7) is 2.27. The van der Waals surface area contributed by atoms with E-state index in [1.165, 1.54) is 17.0 Å². The number of aromatic nitrogens is 1. The molecule has 3 rings (SSSR count). The number of fused-ring (bicyclic) bond motifs is 1. The van der Waals surface area contributed by atoms with Crippen molar-refractivity contribution in [2.75, 3.05) is 20.6 Å². The summed E-state index contributed by atoms with van der Waals surface area (Å²) in [4.78, 5) is 20.3. The van der Waals surface area contributed by atoms with Gasteiger partial charge in [0.25, 0.3) is 5.91 Å². The van der Waals surface area contributed by atoms with E-state index in [1.807, 2.05) is 25.5 Å². The number of likely N-dealkylation sites (N-methyl/N-ethyl adjacent to an activating group) is 1. The van der Waals surface area contributed by atoms with E-state index in [0.29, 0.717) is 23.3 Å². The Hall–Kier alpha value is -2.31. The number of benzene rings is 1. The maximum Gasteiger partial charge on any atom is 0.253 e. The van der Waals surface area contributed by atoms with Crippen LogP contribution in [0.25, 0.3) is 10.9 Å². The minimum Gasteiger partial charge on any atom is -0.350 e. The minimum absolute atomic E-state index is 0.117. The number of halogens is 1. The number of amides is 1. The van der Waals surface area contributed by atoms with Crippen molar-refractivity contribution in [3.8, 4) is 0 Å². The molecule has 0 saturated carbocycles. The van der Waals surface area contributed by atoms with E-state index < -0.39 is 0 Å². The summed E-state index contributed by atoms with van der Waals surface area (Å²) in [7, 11) is 3.99.